The molecule has 0 heteroatoms. The Morgan fingerprint density at radius 2 is 2.00 bits per heavy atom. The molecule has 2 rings (SSSR count). The fourth-order valence-electron chi connectivity index (χ4n) is 2.80. The fourth-order valence-corrected chi connectivity index (χ4v) is 2.80. The molecule has 2 aliphatic rings. The largest absolute Gasteiger partial charge is 0.0591 e. The Bertz CT molecular complexity index is 145. The van der Waals surface area contributed by atoms with Crippen molar-refractivity contribution in [3.63, 3.8) is 0 Å². The number of hydrogen-bond donors (Lipinski definition) is 0. The van der Waals surface area contributed by atoms with Gasteiger partial charge in [-0.3, -0.25) is 0 Å². The van der Waals surface area contributed by atoms with Crippen LogP contribution in [0.5, 0.6) is 0 Å². The Labute approximate surface area is 64.0 Å². The van der Waals surface area contributed by atoms with Crippen molar-refractivity contribution in [1.29, 1.82) is 0 Å². The van der Waals surface area contributed by atoms with Gasteiger partial charge < -0.3 is 0 Å². The fraction of sp³-hybridized carbons (Fsp3) is 0.900. The first-order valence-electron chi connectivity index (χ1n) is 4.41. The smallest absolute Gasteiger partial charge is 0.0241 e. The average Bonchev–Trinajstić information content (AvgIpc) is 2.18. The van der Waals surface area contributed by atoms with Crippen molar-refractivity contribution in [2.75, 3.05) is 0 Å². The lowest BCUT2D eigenvalue weighted by atomic mass is 9.71. The Balaban J connectivity index is 2.37. The molecule has 57 valence electrons. The minimum Gasteiger partial charge on any atom is -0.0591 e. The molecule has 0 aromatic rings. The van der Waals surface area contributed by atoms with E-state index >= 15 is 0 Å². The van der Waals surface area contributed by atoms with Crippen molar-refractivity contribution < 1.29 is 0 Å². The van der Waals surface area contributed by atoms with E-state index in [1.807, 2.05) is 0 Å². The summed E-state index contributed by atoms with van der Waals surface area (Å²) in [6, 6.07) is 0. The van der Waals surface area contributed by atoms with Crippen LogP contribution in [-0.4, -0.2) is 0 Å². The van der Waals surface area contributed by atoms with Gasteiger partial charge in [-0.1, -0.05) is 20.8 Å². The second-order valence-electron chi connectivity index (χ2n) is 4.81. The van der Waals surface area contributed by atoms with Crippen molar-refractivity contribution in [3.05, 3.63) is 6.42 Å². The predicted molar refractivity (Wildman–Crippen MR) is 43.5 cm³/mol. The molecule has 0 nitrogen and oxygen atoms in total. The molecular weight excluding hydrogens is 120 g/mol. The lowest BCUT2D eigenvalue weighted by Crippen LogP contribution is -2.26. The van der Waals surface area contributed by atoms with Gasteiger partial charge in [-0.05, 0) is 42.4 Å². The van der Waals surface area contributed by atoms with Gasteiger partial charge in [0, 0.05) is 0 Å². The lowest BCUT2D eigenvalue weighted by Gasteiger charge is -2.34. The Morgan fingerprint density at radius 3 is 2.10 bits per heavy atom. The van der Waals surface area contributed by atoms with Crippen LogP contribution in [0.3, 0.4) is 0 Å². The van der Waals surface area contributed by atoms with Crippen LogP contribution in [0.1, 0.15) is 40.0 Å². The van der Waals surface area contributed by atoms with Crippen molar-refractivity contribution in [1.82, 2.24) is 0 Å². The van der Waals surface area contributed by atoms with Crippen LogP contribution in [0, 0.1) is 23.2 Å². The Morgan fingerprint density at radius 1 is 1.30 bits per heavy atom. The summed E-state index contributed by atoms with van der Waals surface area (Å²) in [5, 5.41) is 0. The van der Waals surface area contributed by atoms with Gasteiger partial charge in [0.25, 0.3) is 0 Å². The molecule has 10 heavy (non-hydrogen) atoms. The topological polar surface area (TPSA) is 0 Å². The number of fused-ring (bicyclic) bond motifs is 2. The molecular formula is C10H17. The molecule has 2 aliphatic carbocycles. The highest BCUT2D eigenvalue weighted by Crippen LogP contribution is 2.64. The lowest BCUT2D eigenvalue weighted by molar-refractivity contribution is 0.177. The molecule has 0 spiro atoms. The highest BCUT2D eigenvalue weighted by molar-refractivity contribution is 5.14. The van der Waals surface area contributed by atoms with Crippen molar-refractivity contribution in [2.24, 2.45) is 16.7 Å². The van der Waals surface area contributed by atoms with E-state index in [4.69, 9.17) is 0 Å². The van der Waals surface area contributed by atoms with E-state index in [1.54, 1.807) is 0 Å². The molecule has 2 bridgehead atoms. The van der Waals surface area contributed by atoms with Gasteiger partial charge >= 0.3 is 0 Å². The van der Waals surface area contributed by atoms with Crippen LogP contribution in [0.25, 0.3) is 0 Å². The summed E-state index contributed by atoms with van der Waals surface area (Å²) in [7, 11) is 0. The van der Waals surface area contributed by atoms with Gasteiger partial charge in [-0.2, -0.15) is 0 Å². The Hall–Kier alpha value is 0. The van der Waals surface area contributed by atoms with E-state index < -0.39 is 0 Å². The van der Waals surface area contributed by atoms with E-state index in [0.717, 1.165) is 5.92 Å². The minimum absolute atomic E-state index is 0.581. The molecule has 0 aliphatic heterocycles. The summed E-state index contributed by atoms with van der Waals surface area (Å²) in [4.78, 5) is 0. The predicted octanol–water partition coefficient (Wildman–Crippen LogP) is 3.04. The van der Waals surface area contributed by atoms with Gasteiger partial charge in [0.15, 0.2) is 0 Å². The van der Waals surface area contributed by atoms with E-state index in [2.05, 4.69) is 27.2 Å². The van der Waals surface area contributed by atoms with Crippen LogP contribution in [0.2, 0.25) is 0 Å². The molecule has 1 radical (unpaired) electrons. The molecule has 0 N–H and O–H groups in total. The second-order valence-corrected chi connectivity index (χ2v) is 4.81. The first-order valence-corrected chi connectivity index (χ1v) is 4.41. The van der Waals surface area contributed by atoms with Crippen LogP contribution in [-0.2, 0) is 0 Å². The van der Waals surface area contributed by atoms with Gasteiger partial charge in [-0.15, -0.1) is 0 Å². The van der Waals surface area contributed by atoms with E-state index in [1.165, 1.54) is 19.3 Å². The van der Waals surface area contributed by atoms with E-state index in [-0.39, 0.29) is 0 Å². The van der Waals surface area contributed by atoms with Crippen LogP contribution in [0.15, 0.2) is 0 Å². The molecule has 2 saturated carbocycles. The third-order valence-corrected chi connectivity index (χ3v) is 4.36. The first-order chi connectivity index (χ1) is 4.56. The number of rotatable bonds is 0. The second kappa shape index (κ2) is 1.60. The summed E-state index contributed by atoms with van der Waals surface area (Å²) in [6.07, 6.45) is 6.84. The molecule has 0 amide bonds. The van der Waals surface area contributed by atoms with Gasteiger partial charge in [0.05, 0.1) is 0 Å². The van der Waals surface area contributed by atoms with Gasteiger partial charge in [-0.25, -0.2) is 0 Å². The molecule has 0 aromatic carbocycles. The van der Waals surface area contributed by atoms with Gasteiger partial charge in [0.1, 0.15) is 0 Å². The summed E-state index contributed by atoms with van der Waals surface area (Å²) in [6.45, 7) is 7.31. The monoisotopic (exact) mass is 137 g/mol. The maximum absolute atomic E-state index is 2.56. The maximum Gasteiger partial charge on any atom is -0.0241 e. The summed E-state index contributed by atoms with van der Waals surface area (Å²) < 4.78 is 0. The SMILES string of the molecule is CC1(C)[C@H]2C[CH][C@]1(C)CC2. The van der Waals surface area contributed by atoms with Crippen molar-refractivity contribution in [2.45, 2.75) is 40.0 Å². The molecule has 0 heterocycles. The summed E-state index contributed by atoms with van der Waals surface area (Å²) in [5.74, 6) is 0.998. The zero-order valence-electron chi connectivity index (χ0n) is 7.28. The van der Waals surface area contributed by atoms with Crippen LogP contribution in [0.4, 0.5) is 0 Å². The van der Waals surface area contributed by atoms with E-state index in [9.17, 15) is 0 Å². The summed E-state index contributed by atoms with van der Waals surface area (Å²) >= 11 is 0. The van der Waals surface area contributed by atoms with Crippen molar-refractivity contribution in [3.8, 4) is 0 Å². The third kappa shape index (κ3) is 0.538. The van der Waals surface area contributed by atoms with Crippen LogP contribution >= 0.6 is 0 Å². The highest BCUT2D eigenvalue weighted by atomic mass is 14.6. The Kier molecular flexibility index (Phi) is 1.07. The zero-order valence-corrected chi connectivity index (χ0v) is 7.28. The standard InChI is InChI=1S/C10H17/c1-9(2)8-4-6-10(9,3)7-5-8/h6,8H,4-5,7H2,1-3H3/t8-,10+/m0/s1. The van der Waals surface area contributed by atoms with Gasteiger partial charge in [0.2, 0.25) is 0 Å². The molecule has 2 fully saturated rings. The van der Waals surface area contributed by atoms with E-state index in [0.29, 0.717) is 10.8 Å². The summed E-state index contributed by atoms with van der Waals surface area (Å²) in [5.41, 5.74) is 1.19. The minimum atomic E-state index is 0.581. The third-order valence-electron chi connectivity index (χ3n) is 4.36. The zero-order chi connectivity index (χ0) is 7.41. The van der Waals surface area contributed by atoms with Crippen molar-refractivity contribution >= 4 is 0 Å². The normalized spacial score (nSPS) is 50.1. The first kappa shape index (κ1) is 6.69. The maximum atomic E-state index is 2.56. The molecule has 2 atom stereocenters. The molecule has 0 aromatic heterocycles. The number of hydrogen-bond acceptors (Lipinski definition) is 0. The molecule has 0 unspecified atom stereocenters. The average molecular weight is 137 g/mol. The van der Waals surface area contributed by atoms with Crippen LogP contribution < -0.4 is 0 Å². The highest BCUT2D eigenvalue weighted by Gasteiger charge is 2.55. The quantitative estimate of drug-likeness (QED) is 0.481. The molecule has 0 saturated heterocycles.